The Bertz CT molecular complexity index is 833. The van der Waals surface area contributed by atoms with Crippen molar-refractivity contribution < 1.29 is 9.59 Å². The molecule has 2 amide bonds. The van der Waals surface area contributed by atoms with Crippen molar-refractivity contribution in [1.29, 1.82) is 0 Å². The van der Waals surface area contributed by atoms with Gasteiger partial charge in [-0.25, -0.2) is 4.98 Å². The van der Waals surface area contributed by atoms with E-state index in [0.29, 0.717) is 41.0 Å². The molecule has 27 heavy (non-hydrogen) atoms. The Morgan fingerprint density at radius 2 is 2.00 bits per heavy atom. The summed E-state index contributed by atoms with van der Waals surface area (Å²) >= 11 is 13.6. The van der Waals surface area contributed by atoms with Crippen LogP contribution in [0.3, 0.4) is 0 Å². The summed E-state index contributed by atoms with van der Waals surface area (Å²) in [5.74, 6) is -0.0206. The molecule has 1 aliphatic rings. The lowest BCUT2D eigenvalue weighted by molar-refractivity contribution is -0.125. The van der Waals surface area contributed by atoms with Crippen molar-refractivity contribution in [3.8, 4) is 0 Å². The first-order valence-electron chi connectivity index (χ1n) is 8.84. The minimum Gasteiger partial charge on any atom is -0.349 e. The van der Waals surface area contributed by atoms with E-state index in [1.807, 2.05) is 5.38 Å². The normalized spacial score (nSPS) is 16.8. The molecule has 1 aliphatic heterocycles. The number of amides is 2. The first-order chi connectivity index (χ1) is 12.8. The summed E-state index contributed by atoms with van der Waals surface area (Å²) in [5, 5.41) is 6.72. The zero-order valence-corrected chi connectivity index (χ0v) is 17.5. The van der Waals surface area contributed by atoms with Gasteiger partial charge in [0.2, 0.25) is 5.91 Å². The molecule has 1 fully saturated rings. The number of aromatic nitrogens is 1. The molecule has 0 aliphatic carbocycles. The Morgan fingerprint density at radius 1 is 1.30 bits per heavy atom. The smallest absolute Gasteiger partial charge is 0.254 e. The topological polar surface area (TPSA) is 62.3 Å². The second kappa shape index (κ2) is 8.59. The molecule has 0 spiro atoms. The number of rotatable bonds is 5. The molecular weight excluding hydrogens is 405 g/mol. The average molecular weight is 426 g/mol. The lowest BCUT2D eigenvalue weighted by Crippen LogP contribution is -2.45. The first kappa shape index (κ1) is 20.1. The summed E-state index contributed by atoms with van der Waals surface area (Å²) in [6.45, 7) is 5.08. The van der Waals surface area contributed by atoms with Gasteiger partial charge in [0.1, 0.15) is 6.04 Å². The average Bonchev–Trinajstić information content (AvgIpc) is 3.27. The van der Waals surface area contributed by atoms with Gasteiger partial charge in [-0.2, -0.15) is 0 Å². The van der Waals surface area contributed by atoms with Gasteiger partial charge in [-0.05, 0) is 31.0 Å². The van der Waals surface area contributed by atoms with E-state index in [1.54, 1.807) is 34.4 Å². The number of halogens is 2. The molecular formula is C19H21Cl2N3O2S. The molecule has 0 bridgehead atoms. The van der Waals surface area contributed by atoms with Gasteiger partial charge in [0.15, 0.2) is 0 Å². The number of hydrogen-bond acceptors (Lipinski definition) is 4. The largest absolute Gasteiger partial charge is 0.349 e. The molecule has 8 heteroatoms. The van der Waals surface area contributed by atoms with Crippen molar-refractivity contribution in [2.75, 3.05) is 6.54 Å². The van der Waals surface area contributed by atoms with Gasteiger partial charge in [-0.3, -0.25) is 9.59 Å². The van der Waals surface area contributed by atoms with Gasteiger partial charge in [0, 0.05) is 33.5 Å². The fraction of sp³-hybridized carbons (Fsp3) is 0.421. The van der Waals surface area contributed by atoms with E-state index in [1.165, 1.54) is 0 Å². The van der Waals surface area contributed by atoms with Crippen LogP contribution < -0.4 is 5.32 Å². The highest BCUT2D eigenvalue weighted by atomic mass is 35.5. The summed E-state index contributed by atoms with van der Waals surface area (Å²) in [6.07, 6.45) is 1.42. The van der Waals surface area contributed by atoms with Crippen LogP contribution in [0.2, 0.25) is 10.0 Å². The third kappa shape index (κ3) is 4.81. The van der Waals surface area contributed by atoms with Gasteiger partial charge in [0.25, 0.3) is 5.91 Å². The van der Waals surface area contributed by atoms with E-state index in [4.69, 9.17) is 23.2 Å². The van der Waals surface area contributed by atoms with Crippen LogP contribution in [-0.2, 0) is 11.3 Å². The number of benzene rings is 1. The minimum atomic E-state index is -0.488. The molecule has 2 aromatic rings. The van der Waals surface area contributed by atoms with Gasteiger partial charge in [0.05, 0.1) is 17.2 Å². The summed E-state index contributed by atoms with van der Waals surface area (Å²) in [5.41, 5.74) is 1.24. The molecule has 1 aromatic carbocycles. The Hall–Kier alpha value is -1.63. The number of thiazole rings is 1. The number of nitrogens with zero attached hydrogens (tertiary/aromatic N) is 2. The van der Waals surface area contributed by atoms with Crippen LogP contribution in [-0.4, -0.2) is 34.3 Å². The van der Waals surface area contributed by atoms with E-state index in [9.17, 15) is 9.59 Å². The highest BCUT2D eigenvalue weighted by Crippen LogP contribution is 2.25. The van der Waals surface area contributed by atoms with E-state index in [-0.39, 0.29) is 11.8 Å². The summed E-state index contributed by atoms with van der Waals surface area (Å²) in [7, 11) is 0. The molecule has 0 radical (unpaired) electrons. The SMILES string of the molecule is CC(C)c1nc(CNC(=O)C2CCCN2C(=O)c2cc(Cl)cc(Cl)c2)cs1. The first-order valence-corrected chi connectivity index (χ1v) is 10.5. The summed E-state index contributed by atoms with van der Waals surface area (Å²) < 4.78 is 0. The Balaban J connectivity index is 1.65. The lowest BCUT2D eigenvalue weighted by Gasteiger charge is -2.24. The quantitative estimate of drug-likeness (QED) is 0.766. The van der Waals surface area contributed by atoms with Crippen LogP contribution in [0.1, 0.15) is 53.7 Å². The second-order valence-corrected chi connectivity index (χ2v) is 8.63. The van der Waals surface area contributed by atoms with E-state index in [0.717, 1.165) is 17.1 Å². The molecule has 3 rings (SSSR count). The Kier molecular flexibility index (Phi) is 6.40. The number of carbonyl (C=O) groups excluding carboxylic acids is 2. The van der Waals surface area contributed by atoms with Crippen LogP contribution in [0.5, 0.6) is 0 Å². The highest BCUT2D eigenvalue weighted by molar-refractivity contribution is 7.09. The maximum absolute atomic E-state index is 12.8. The zero-order chi connectivity index (χ0) is 19.6. The maximum atomic E-state index is 12.8. The van der Waals surface area contributed by atoms with Crippen LogP contribution >= 0.6 is 34.5 Å². The van der Waals surface area contributed by atoms with Crippen LogP contribution in [0.25, 0.3) is 0 Å². The van der Waals surface area contributed by atoms with E-state index in [2.05, 4.69) is 24.1 Å². The van der Waals surface area contributed by atoms with Crippen molar-refractivity contribution in [2.45, 2.75) is 45.2 Å². The number of nitrogens with one attached hydrogen (secondary N) is 1. The van der Waals surface area contributed by atoms with Crippen molar-refractivity contribution >= 4 is 46.4 Å². The van der Waals surface area contributed by atoms with Crippen LogP contribution in [0.15, 0.2) is 23.6 Å². The number of carbonyl (C=O) groups is 2. The summed E-state index contributed by atoms with van der Waals surface area (Å²) in [6, 6.07) is 4.24. The molecule has 144 valence electrons. The Labute approximate surface area is 172 Å². The molecule has 1 unspecified atom stereocenters. The van der Waals surface area contributed by atoms with Gasteiger partial charge in [-0.1, -0.05) is 37.0 Å². The minimum absolute atomic E-state index is 0.159. The molecule has 1 atom stereocenters. The highest BCUT2D eigenvalue weighted by Gasteiger charge is 2.34. The van der Waals surface area contributed by atoms with Crippen molar-refractivity contribution in [2.24, 2.45) is 0 Å². The van der Waals surface area contributed by atoms with Crippen molar-refractivity contribution in [3.05, 3.63) is 49.9 Å². The lowest BCUT2D eigenvalue weighted by atomic mass is 10.1. The third-order valence-electron chi connectivity index (χ3n) is 4.43. The molecule has 0 saturated carbocycles. The fourth-order valence-corrected chi connectivity index (χ4v) is 4.45. The molecule has 1 saturated heterocycles. The maximum Gasteiger partial charge on any atom is 0.254 e. The number of likely N-dealkylation sites (tertiary alicyclic amines) is 1. The molecule has 1 aromatic heterocycles. The Morgan fingerprint density at radius 3 is 2.63 bits per heavy atom. The zero-order valence-electron chi connectivity index (χ0n) is 15.2. The second-order valence-electron chi connectivity index (χ2n) is 6.86. The van der Waals surface area contributed by atoms with E-state index >= 15 is 0 Å². The fourth-order valence-electron chi connectivity index (χ4n) is 3.09. The van der Waals surface area contributed by atoms with Crippen LogP contribution in [0, 0.1) is 0 Å². The van der Waals surface area contributed by atoms with E-state index < -0.39 is 6.04 Å². The number of hydrogen-bond donors (Lipinski definition) is 1. The summed E-state index contributed by atoms with van der Waals surface area (Å²) in [4.78, 5) is 31.6. The van der Waals surface area contributed by atoms with Gasteiger partial charge < -0.3 is 10.2 Å². The van der Waals surface area contributed by atoms with Gasteiger partial charge in [-0.15, -0.1) is 11.3 Å². The standard InChI is InChI=1S/C19H21Cl2N3O2S/c1-11(2)18-23-15(10-27-18)9-22-17(25)16-4-3-5-24(16)19(26)12-6-13(20)8-14(21)7-12/h6-8,10-11,16H,3-5,9H2,1-2H3,(H,22,25). The third-order valence-corrected chi connectivity index (χ3v) is 6.06. The molecule has 5 nitrogen and oxygen atoms in total. The molecule has 1 N–H and O–H groups in total. The van der Waals surface area contributed by atoms with Crippen LogP contribution in [0.4, 0.5) is 0 Å². The van der Waals surface area contributed by atoms with Gasteiger partial charge >= 0.3 is 0 Å². The predicted molar refractivity (Wildman–Crippen MR) is 109 cm³/mol. The van der Waals surface area contributed by atoms with Crippen molar-refractivity contribution in [1.82, 2.24) is 15.2 Å². The monoisotopic (exact) mass is 425 g/mol. The van der Waals surface area contributed by atoms with Crippen molar-refractivity contribution in [3.63, 3.8) is 0 Å². The molecule has 2 heterocycles. The predicted octanol–water partition coefficient (Wildman–Crippen LogP) is 4.49.